The van der Waals surface area contributed by atoms with Gasteiger partial charge in [0.15, 0.2) is 5.65 Å². The molecule has 5 rings (SSSR count). The number of piperidine rings is 1. The van der Waals surface area contributed by atoms with Gasteiger partial charge in [0, 0.05) is 42.7 Å². The van der Waals surface area contributed by atoms with Gasteiger partial charge in [-0.2, -0.15) is 5.10 Å². The van der Waals surface area contributed by atoms with Crippen LogP contribution in [-0.4, -0.2) is 43.4 Å². The number of imide groups is 1. The third kappa shape index (κ3) is 2.63. The van der Waals surface area contributed by atoms with Crippen molar-refractivity contribution in [1.29, 1.82) is 0 Å². The molecule has 2 aliphatic heterocycles. The number of hydrogen-bond acceptors (Lipinski definition) is 5. The standard InChI is InChI=1S/C21H19N5O3/c1-11-15-8-12(9-22-19(15)25(2)24-11)13-4-3-5-14-16(13)10-26(21(14)29)17-6-7-18(27)23-20(17)28/h3-5,8-9,17H,6-7,10H2,1-2H3,(H,23,27,28). The van der Waals surface area contributed by atoms with E-state index in [4.69, 9.17) is 0 Å². The summed E-state index contributed by atoms with van der Waals surface area (Å²) in [7, 11) is 1.86. The Bertz CT molecular complexity index is 1210. The summed E-state index contributed by atoms with van der Waals surface area (Å²) in [5.74, 6) is -0.872. The highest BCUT2D eigenvalue weighted by Crippen LogP contribution is 2.35. The third-order valence-corrected chi connectivity index (χ3v) is 5.76. The molecule has 1 fully saturated rings. The average Bonchev–Trinajstić information content (AvgIpc) is 3.18. The lowest BCUT2D eigenvalue weighted by molar-refractivity contribution is -0.136. The van der Waals surface area contributed by atoms with Crippen molar-refractivity contribution in [2.24, 2.45) is 7.05 Å². The summed E-state index contributed by atoms with van der Waals surface area (Å²) in [5.41, 5.74) is 5.00. The Morgan fingerprint density at radius 3 is 2.76 bits per heavy atom. The van der Waals surface area contributed by atoms with Crippen LogP contribution in [0.3, 0.4) is 0 Å². The van der Waals surface area contributed by atoms with Crippen LogP contribution in [0.2, 0.25) is 0 Å². The van der Waals surface area contributed by atoms with Crippen LogP contribution in [0, 0.1) is 6.92 Å². The lowest BCUT2D eigenvalue weighted by Gasteiger charge is -2.29. The van der Waals surface area contributed by atoms with Crippen molar-refractivity contribution in [3.63, 3.8) is 0 Å². The first kappa shape index (κ1) is 17.5. The van der Waals surface area contributed by atoms with Gasteiger partial charge in [-0.1, -0.05) is 12.1 Å². The number of pyridine rings is 1. The topological polar surface area (TPSA) is 97.2 Å². The number of carbonyl (C=O) groups excluding carboxylic acids is 3. The monoisotopic (exact) mass is 389 g/mol. The number of aromatic nitrogens is 3. The van der Waals surface area contributed by atoms with Crippen molar-refractivity contribution in [2.75, 3.05) is 0 Å². The molecule has 1 saturated heterocycles. The molecule has 0 saturated carbocycles. The highest BCUT2D eigenvalue weighted by Gasteiger charge is 2.39. The van der Waals surface area contributed by atoms with Gasteiger partial charge >= 0.3 is 0 Å². The van der Waals surface area contributed by atoms with E-state index in [1.807, 2.05) is 32.2 Å². The highest BCUT2D eigenvalue weighted by atomic mass is 16.2. The molecular formula is C21H19N5O3. The van der Waals surface area contributed by atoms with E-state index >= 15 is 0 Å². The van der Waals surface area contributed by atoms with Gasteiger partial charge in [-0.15, -0.1) is 0 Å². The fourth-order valence-electron chi connectivity index (χ4n) is 4.31. The number of fused-ring (bicyclic) bond motifs is 2. The Morgan fingerprint density at radius 2 is 1.97 bits per heavy atom. The zero-order valence-corrected chi connectivity index (χ0v) is 16.1. The van der Waals surface area contributed by atoms with Crippen LogP contribution < -0.4 is 5.32 Å². The molecule has 4 heterocycles. The van der Waals surface area contributed by atoms with E-state index in [-0.39, 0.29) is 18.2 Å². The highest BCUT2D eigenvalue weighted by molar-refractivity contribution is 6.06. The summed E-state index contributed by atoms with van der Waals surface area (Å²) >= 11 is 0. The molecule has 3 aromatic rings. The number of nitrogens with one attached hydrogen (secondary N) is 1. The molecule has 1 N–H and O–H groups in total. The van der Waals surface area contributed by atoms with E-state index in [1.165, 1.54) is 0 Å². The van der Waals surface area contributed by atoms with E-state index < -0.39 is 11.9 Å². The number of nitrogens with zero attached hydrogens (tertiary/aromatic N) is 4. The molecule has 8 heteroatoms. The van der Waals surface area contributed by atoms with Crippen LogP contribution in [0.1, 0.15) is 34.5 Å². The van der Waals surface area contributed by atoms with Crippen LogP contribution in [0.5, 0.6) is 0 Å². The minimum absolute atomic E-state index is 0.178. The van der Waals surface area contributed by atoms with Crippen molar-refractivity contribution in [3.05, 3.63) is 47.3 Å². The second kappa shape index (κ2) is 6.23. The summed E-state index contributed by atoms with van der Waals surface area (Å²) in [4.78, 5) is 42.9. The second-order valence-electron chi connectivity index (χ2n) is 7.54. The molecule has 3 amide bonds. The van der Waals surface area contributed by atoms with Gasteiger partial charge < -0.3 is 4.90 Å². The van der Waals surface area contributed by atoms with Crippen molar-refractivity contribution in [2.45, 2.75) is 32.4 Å². The number of aryl methyl sites for hydroxylation is 2. The maximum atomic E-state index is 13.0. The third-order valence-electron chi connectivity index (χ3n) is 5.76. The maximum Gasteiger partial charge on any atom is 0.255 e. The summed E-state index contributed by atoms with van der Waals surface area (Å²) in [6.07, 6.45) is 2.38. The molecule has 0 spiro atoms. The molecule has 2 aromatic heterocycles. The Hall–Kier alpha value is -3.55. The smallest absolute Gasteiger partial charge is 0.255 e. The van der Waals surface area contributed by atoms with Gasteiger partial charge in [-0.25, -0.2) is 4.98 Å². The van der Waals surface area contributed by atoms with Crippen LogP contribution in [0.25, 0.3) is 22.2 Å². The largest absolute Gasteiger partial charge is 0.322 e. The van der Waals surface area contributed by atoms with E-state index in [2.05, 4.69) is 15.4 Å². The van der Waals surface area contributed by atoms with Crippen molar-refractivity contribution >= 4 is 28.8 Å². The van der Waals surface area contributed by atoms with Crippen molar-refractivity contribution < 1.29 is 14.4 Å². The normalized spacial score (nSPS) is 19.0. The number of carbonyl (C=O) groups is 3. The Labute approximate surface area is 166 Å². The molecule has 0 radical (unpaired) electrons. The Balaban J connectivity index is 1.55. The number of amides is 3. The zero-order chi connectivity index (χ0) is 20.3. The maximum absolute atomic E-state index is 13.0. The summed E-state index contributed by atoms with van der Waals surface area (Å²) in [6, 6.07) is 7.02. The quantitative estimate of drug-likeness (QED) is 0.673. The zero-order valence-electron chi connectivity index (χ0n) is 16.1. The molecule has 1 unspecified atom stereocenters. The molecule has 146 valence electrons. The van der Waals surface area contributed by atoms with E-state index in [0.29, 0.717) is 18.5 Å². The van der Waals surface area contributed by atoms with E-state index in [0.717, 1.165) is 33.4 Å². The Kier molecular flexibility index (Phi) is 3.77. The SMILES string of the molecule is Cc1nn(C)c2ncc(-c3cccc4c3CN(C3CCC(=O)NC3=O)C4=O)cc12. The predicted octanol–water partition coefficient (Wildman–Crippen LogP) is 1.70. The molecule has 8 nitrogen and oxygen atoms in total. The van der Waals surface area contributed by atoms with E-state index in [1.54, 1.807) is 21.8 Å². The minimum atomic E-state index is -0.623. The van der Waals surface area contributed by atoms with Gasteiger partial charge in [-0.3, -0.25) is 24.4 Å². The fourth-order valence-corrected chi connectivity index (χ4v) is 4.31. The van der Waals surface area contributed by atoms with Crippen molar-refractivity contribution in [3.8, 4) is 11.1 Å². The first-order valence-electron chi connectivity index (χ1n) is 9.50. The first-order valence-corrected chi connectivity index (χ1v) is 9.50. The average molecular weight is 389 g/mol. The molecule has 2 aliphatic rings. The van der Waals surface area contributed by atoms with Gasteiger partial charge in [0.05, 0.1) is 5.69 Å². The number of benzene rings is 1. The number of rotatable bonds is 2. The van der Waals surface area contributed by atoms with Gasteiger partial charge in [0.2, 0.25) is 11.8 Å². The molecule has 1 aromatic carbocycles. The van der Waals surface area contributed by atoms with Crippen LogP contribution in [0.4, 0.5) is 0 Å². The van der Waals surface area contributed by atoms with Crippen LogP contribution >= 0.6 is 0 Å². The van der Waals surface area contributed by atoms with E-state index in [9.17, 15) is 14.4 Å². The van der Waals surface area contributed by atoms with Gasteiger partial charge in [-0.05, 0) is 36.6 Å². The van der Waals surface area contributed by atoms with Gasteiger partial charge in [0.1, 0.15) is 6.04 Å². The lowest BCUT2D eigenvalue weighted by atomic mass is 9.97. The van der Waals surface area contributed by atoms with Crippen LogP contribution in [-0.2, 0) is 23.2 Å². The minimum Gasteiger partial charge on any atom is -0.322 e. The fraction of sp³-hybridized carbons (Fsp3) is 0.286. The lowest BCUT2D eigenvalue weighted by Crippen LogP contribution is -2.52. The molecule has 0 aliphatic carbocycles. The summed E-state index contributed by atoms with van der Waals surface area (Å²) < 4.78 is 1.75. The Morgan fingerprint density at radius 1 is 1.17 bits per heavy atom. The predicted molar refractivity (Wildman–Crippen MR) is 105 cm³/mol. The second-order valence-corrected chi connectivity index (χ2v) is 7.54. The van der Waals surface area contributed by atoms with Crippen LogP contribution in [0.15, 0.2) is 30.5 Å². The molecule has 1 atom stereocenters. The summed E-state index contributed by atoms with van der Waals surface area (Å²) in [6.45, 7) is 2.28. The molecule has 0 bridgehead atoms. The summed E-state index contributed by atoms with van der Waals surface area (Å²) in [5, 5.41) is 7.72. The molecular weight excluding hydrogens is 370 g/mol. The van der Waals surface area contributed by atoms with Crippen molar-refractivity contribution in [1.82, 2.24) is 25.0 Å². The van der Waals surface area contributed by atoms with Gasteiger partial charge in [0.25, 0.3) is 5.91 Å². The first-order chi connectivity index (χ1) is 13.9. The number of hydrogen-bond donors (Lipinski definition) is 1. The molecule has 29 heavy (non-hydrogen) atoms.